The van der Waals surface area contributed by atoms with Crippen molar-refractivity contribution in [2.75, 3.05) is 54.1 Å². The lowest BCUT2D eigenvalue weighted by Crippen LogP contribution is -2.49. The first-order valence-corrected chi connectivity index (χ1v) is 14.0. The summed E-state index contributed by atoms with van der Waals surface area (Å²) in [7, 11) is 1.79. The molecule has 0 aliphatic carbocycles. The van der Waals surface area contributed by atoms with Crippen molar-refractivity contribution in [3.63, 3.8) is 0 Å². The van der Waals surface area contributed by atoms with Crippen molar-refractivity contribution in [1.29, 1.82) is 0 Å². The third-order valence-electron chi connectivity index (χ3n) is 7.64. The van der Waals surface area contributed by atoms with Gasteiger partial charge in [-0.3, -0.25) is 4.40 Å². The largest absolute Gasteiger partial charge is 0.383 e. The number of hydrogen-bond donors (Lipinski definition) is 3. The fraction of sp³-hybridized carbons (Fsp3) is 0.360. The molecule has 6 rings (SSSR count). The van der Waals surface area contributed by atoms with Gasteiger partial charge in [0.15, 0.2) is 5.65 Å². The van der Waals surface area contributed by atoms with Gasteiger partial charge in [-0.15, -0.1) is 0 Å². The van der Waals surface area contributed by atoms with E-state index in [1.165, 1.54) is 11.8 Å². The lowest BCUT2D eigenvalue weighted by molar-refractivity contribution is 0.220. The third-order valence-corrected chi connectivity index (χ3v) is 9.50. The van der Waals surface area contributed by atoms with Crippen LogP contribution < -0.4 is 26.6 Å². The first-order valence-electron chi connectivity index (χ1n) is 12.4. The number of hydrogen-bond acceptors (Lipinski definition) is 10. The van der Waals surface area contributed by atoms with Crippen LogP contribution in [0.15, 0.2) is 52.8 Å². The standard InChI is InChI=1S/C25H28Cl2N10S/c1-30-22-19(27)16(3-7-32-22)38-20-21(29)34-24(37-11-8-33-23(20)37)35-9-4-25(5-10-35)14-36(13-17(25)28)15-2-6-31-18(26)12-15/h2-3,6-8,11-12,17H,4-5,9-10,13-14,28-29H2,1H3,(H,30,32)/t17-/m1/s1. The second kappa shape index (κ2) is 9.96. The number of pyridine rings is 2. The molecule has 0 radical (unpaired) electrons. The zero-order valence-corrected chi connectivity index (χ0v) is 23.1. The van der Waals surface area contributed by atoms with Crippen LogP contribution >= 0.6 is 35.0 Å². The second-order valence-electron chi connectivity index (χ2n) is 9.74. The molecule has 2 aliphatic heterocycles. The maximum absolute atomic E-state index is 6.74. The number of rotatable bonds is 5. The summed E-state index contributed by atoms with van der Waals surface area (Å²) in [6.45, 7) is 3.35. The van der Waals surface area contributed by atoms with Crippen LogP contribution in [-0.2, 0) is 0 Å². The van der Waals surface area contributed by atoms with Crippen LogP contribution in [0.3, 0.4) is 0 Å². The van der Waals surface area contributed by atoms with Crippen LogP contribution in [0.25, 0.3) is 5.65 Å². The highest BCUT2D eigenvalue weighted by Crippen LogP contribution is 2.44. The first-order chi connectivity index (χ1) is 18.4. The minimum Gasteiger partial charge on any atom is -0.383 e. The molecule has 0 amide bonds. The van der Waals surface area contributed by atoms with Gasteiger partial charge in [-0.2, -0.15) is 4.98 Å². The highest BCUT2D eigenvalue weighted by atomic mass is 35.5. The smallest absolute Gasteiger partial charge is 0.213 e. The van der Waals surface area contributed by atoms with Gasteiger partial charge in [0.1, 0.15) is 16.8 Å². The maximum atomic E-state index is 6.74. The first kappa shape index (κ1) is 25.3. The number of halogens is 2. The lowest BCUT2D eigenvalue weighted by atomic mass is 9.75. The van der Waals surface area contributed by atoms with E-state index in [1.807, 2.05) is 28.8 Å². The van der Waals surface area contributed by atoms with Crippen LogP contribution in [0.4, 0.5) is 23.3 Å². The van der Waals surface area contributed by atoms with Crippen molar-refractivity contribution in [3.8, 4) is 0 Å². The van der Waals surface area contributed by atoms with E-state index in [4.69, 9.17) is 39.7 Å². The molecule has 4 aromatic heterocycles. The fourth-order valence-electron chi connectivity index (χ4n) is 5.53. The molecule has 1 atom stereocenters. The van der Waals surface area contributed by atoms with Crippen LogP contribution in [0.2, 0.25) is 10.2 Å². The van der Waals surface area contributed by atoms with E-state index in [0.29, 0.717) is 21.8 Å². The molecular formula is C25H28Cl2N10S. The SMILES string of the molecule is CNc1nccc(Sc2c(N)nc(N3CCC4(CC3)CN(c3ccnc(Cl)c3)C[C@H]4N)n3ccnc23)c1Cl. The third kappa shape index (κ3) is 4.37. The van der Waals surface area contributed by atoms with E-state index >= 15 is 0 Å². The molecule has 10 nitrogen and oxygen atoms in total. The molecule has 0 unspecified atom stereocenters. The normalized spacial score (nSPS) is 19.0. The Morgan fingerprint density at radius 1 is 1.08 bits per heavy atom. The van der Waals surface area contributed by atoms with E-state index in [2.05, 4.69) is 30.1 Å². The summed E-state index contributed by atoms with van der Waals surface area (Å²) < 4.78 is 2.00. The summed E-state index contributed by atoms with van der Waals surface area (Å²) in [6.07, 6.45) is 9.06. The molecule has 38 heavy (non-hydrogen) atoms. The van der Waals surface area contributed by atoms with E-state index in [9.17, 15) is 0 Å². The van der Waals surface area contributed by atoms with Gasteiger partial charge in [-0.1, -0.05) is 35.0 Å². The summed E-state index contributed by atoms with van der Waals surface area (Å²) >= 11 is 14.1. The van der Waals surface area contributed by atoms with E-state index < -0.39 is 0 Å². The fourth-order valence-corrected chi connectivity index (χ4v) is 6.95. The Kier molecular flexibility index (Phi) is 6.63. The van der Waals surface area contributed by atoms with Gasteiger partial charge in [0.25, 0.3) is 0 Å². The lowest BCUT2D eigenvalue weighted by Gasteiger charge is -2.42. The Balaban J connectivity index is 1.23. The molecule has 13 heteroatoms. The molecule has 2 fully saturated rings. The van der Waals surface area contributed by atoms with E-state index in [0.717, 1.165) is 66.1 Å². The molecule has 6 heterocycles. The molecule has 5 N–H and O–H groups in total. The number of nitrogen functional groups attached to an aromatic ring is 1. The molecule has 0 aromatic carbocycles. The number of fused-ring (bicyclic) bond motifs is 1. The van der Waals surface area contributed by atoms with Crippen molar-refractivity contribution in [2.45, 2.75) is 28.7 Å². The minimum atomic E-state index is 0.0325. The summed E-state index contributed by atoms with van der Waals surface area (Å²) in [5, 5.41) is 4.04. The highest BCUT2D eigenvalue weighted by Gasteiger charge is 2.47. The summed E-state index contributed by atoms with van der Waals surface area (Å²) in [5.41, 5.74) is 15.1. The van der Waals surface area contributed by atoms with Gasteiger partial charge in [0, 0.05) is 80.1 Å². The zero-order chi connectivity index (χ0) is 26.4. The van der Waals surface area contributed by atoms with Crippen LogP contribution in [0.1, 0.15) is 12.8 Å². The molecule has 2 aliphatic rings. The molecule has 2 saturated heterocycles. The Hall–Kier alpha value is -2.99. The van der Waals surface area contributed by atoms with Crippen LogP contribution in [0, 0.1) is 5.41 Å². The van der Waals surface area contributed by atoms with Crippen molar-refractivity contribution in [2.24, 2.45) is 11.1 Å². The Bertz CT molecular complexity index is 1490. The number of nitrogens with two attached hydrogens (primary N) is 2. The average molecular weight is 572 g/mol. The van der Waals surface area contributed by atoms with Gasteiger partial charge in [-0.25, -0.2) is 15.0 Å². The monoisotopic (exact) mass is 570 g/mol. The number of aromatic nitrogens is 5. The molecule has 198 valence electrons. The molecule has 4 aromatic rings. The van der Waals surface area contributed by atoms with E-state index in [-0.39, 0.29) is 11.5 Å². The van der Waals surface area contributed by atoms with Crippen LogP contribution in [0.5, 0.6) is 0 Å². The maximum Gasteiger partial charge on any atom is 0.213 e. The predicted octanol–water partition coefficient (Wildman–Crippen LogP) is 4.04. The van der Waals surface area contributed by atoms with Gasteiger partial charge < -0.3 is 26.6 Å². The average Bonchev–Trinajstić information content (AvgIpc) is 3.52. The zero-order valence-electron chi connectivity index (χ0n) is 20.8. The number of piperidine rings is 1. The predicted molar refractivity (Wildman–Crippen MR) is 154 cm³/mol. The Labute approximate surface area is 234 Å². The van der Waals surface area contributed by atoms with Crippen LogP contribution in [-0.4, -0.2) is 63.6 Å². The van der Waals surface area contributed by atoms with Gasteiger partial charge in [-0.05, 0) is 31.0 Å². The van der Waals surface area contributed by atoms with Gasteiger partial charge in [0.2, 0.25) is 5.95 Å². The highest BCUT2D eigenvalue weighted by molar-refractivity contribution is 7.99. The number of anilines is 4. The molecule has 0 bridgehead atoms. The van der Waals surface area contributed by atoms with Gasteiger partial charge >= 0.3 is 0 Å². The Morgan fingerprint density at radius 2 is 1.87 bits per heavy atom. The van der Waals surface area contributed by atoms with Gasteiger partial charge in [0.05, 0.1) is 9.92 Å². The van der Waals surface area contributed by atoms with Crippen molar-refractivity contribution >= 4 is 63.9 Å². The topological polar surface area (TPSA) is 127 Å². The quantitative estimate of drug-likeness (QED) is 0.302. The number of imidazole rings is 1. The van der Waals surface area contributed by atoms with E-state index in [1.54, 1.807) is 25.6 Å². The summed E-state index contributed by atoms with van der Waals surface area (Å²) in [4.78, 5) is 24.0. The van der Waals surface area contributed by atoms with Crippen molar-refractivity contribution in [3.05, 3.63) is 53.2 Å². The van der Waals surface area contributed by atoms with Crippen molar-refractivity contribution in [1.82, 2.24) is 24.3 Å². The number of nitrogens with one attached hydrogen (secondary N) is 1. The second-order valence-corrected chi connectivity index (χ2v) is 11.6. The minimum absolute atomic E-state index is 0.0325. The molecule has 0 saturated carbocycles. The molecule has 1 spiro atoms. The molecular weight excluding hydrogens is 543 g/mol. The number of nitrogens with zero attached hydrogens (tertiary/aromatic N) is 7. The summed E-state index contributed by atoms with van der Waals surface area (Å²) in [6, 6.07) is 5.84. The Morgan fingerprint density at radius 3 is 2.63 bits per heavy atom. The summed E-state index contributed by atoms with van der Waals surface area (Å²) in [5.74, 6) is 1.81. The van der Waals surface area contributed by atoms with Crippen molar-refractivity contribution < 1.29 is 0 Å².